The Labute approximate surface area is 317 Å². The molecule has 6 heteroatoms. The first-order valence-electron chi connectivity index (χ1n) is 19.1. The van der Waals surface area contributed by atoms with E-state index in [9.17, 15) is 0 Å². The van der Waals surface area contributed by atoms with Gasteiger partial charge in [0, 0.05) is 29.7 Å². The molecule has 5 nitrogen and oxygen atoms in total. The lowest BCUT2D eigenvalue weighted by Gasteiger charge is -2.51. The van der Waals surface area contributed by atoms with E-state index in [2.05, 4.69) is 137 Å². The number of methoxy groups -OCH3 is 1. The fraction of sp³-hybridized carbons (Fsp3) is 0.362. The number of carbonyl (C=O) groups excluding carboxylic acids is 1. The number of amides is 1. The van der Waals surface area contributed by atoms with Crippen LogP contribution in [0.3, 0.4) is 0 Å². The summed E-state index contributed by atoms with van der Waals surface area (Å²) in [6.45, 7) is 19.7. The van der Waals surface area contributed by atoms with Crippen LogP contribution in [0.25, 0.3) is 10.9 Å². The number of nitrogens with one attached hydrogen (secondary N) is 1. The molecule has 4 heterocycles. The molecule has 3 aliphatic heterocycles. The third-order valence-electron chi connectivity index (χ3n) is 11.5. The maximum Gasteiger partial charge on any atom is 0.252 e. The van der Waals surface area contributed by atoms with Crippen LogP contribution in [0.4, 0.5) is 0 Å². The van der Waals surface area contributed by atoms with Crippen molar-refractivity contribution in [1.29, 1.82) is 0 Å². The van der Waals surface area contributed by atoms with Crippen LogP contribution >= 0.6 is 7.92 Å². The Kier molecular flexibility index (Phi) is 10.4. The van der Waals surface area contributed by atoms with Crippen molar-refractivity contribution in [1.82, 2.24) is 15.2 Å². The highest BCUT2D eigenvalue weighted by Crippen LogP contribution is 2.43. The standard InChI is InChI=1S/C47H54N3O2P/c1-9-31-30-50-27-25-32(31)28-42(50)44(38-24-26-48-41-23-18-35(52-8)29-40(38)41)49-45(51)39-12-10-11-13-43(39)53(36-19-14-33(15-20-36)46(2,3)4)37-21-16-34(17-22-37)47(5,6)7/h9-24,26,29,31-32,42,44H,1,25,27-28,30H2,2-8H3,(H,49,51)/t31?,32?,42-,44-/m0/s1. The van der Waals surface area contributed by atoms with Gasteiger partial charge in [-0.2, -0.15) is 0 Å². The van der Waals surface area contributed by atoms with Crippen molar-refractivity contribution in [2.24, 2.45) is 11.8 Å². The van der Waals surface area contributed by atoms with Crippen LogP contribution in [0.2, 0.25) is 0 Å². The average molecular weight is 724 g/mol. The molecular weight excluding hydrogens is 670 g/mol. The number of carbonyl (C=O) groups is 1. The first kappa shape index (κ1) is 37.0. The van der Waals surface area contributed by atoms with E-state index in [1.807, 2.05) is 30.5 Å². The zero-order chi connectivity index (χ0) is 37.5. The molecular formula is C47H54N3O2P. The normalized spacial score (nSPS) is 20.7. The Morgan fingerprint density at radius 2 is 1.55 bits per heavy atom. The van der Waals surface area contributed by atoms with Crippen molar-refractivity contribution < 1.29 is 9.53 Å². The largest absolute Gasteiger partial charge is 0.497 e. The molecule has 274 valence electrons. The predicted molar refractivity (Wildman–Crippen MR) is 223 cm³/mol. The molecule has 0 spiro atoms. The molecule has 8 rings (SSSR count). The summed E-state index contributed by atoms with van der Waals surface area (Å²) in [5, 5.41) is 8.18. The monoisotopic (exact) mass is 723 g/mol. The Morgan fingerprint density at radius 1 is 0.906 bits per heavy atom. The number of ether oxygens (including phenoxy) is 1. The number of pyridine rings is 1. The van der Waals surface area contributed by atoms with Crippen molar-refractivity contribution in [2.75, 3.05) is 20.2 Å². The van der Waals surface area contributed by atoms with E-state index in [-0.39, 0.29) is 28.8 Å². The fourth-order valence-electron chi connectivity index (χ4n) is 8.38. The minimum atomic E-state index is -1.05. The van der Waals surface area contributed by atoms with Gasteiger partial charge in [0.1, 0.15) is 5.75 Å². The van der Waals surface area contributed by atoms with E-state index in [0.717, 1.165) is 59.0 Å². The summed E-state index contributed by atoms with van der Waals surface area (Å²) in [7, 11) is 0.648. The third-order valence-corrected chi connectivity index (χ3v) is 14.0. The lowest BCUT2D eigenvalue weighted by atomic mass is 9.73. The van der Waals surface area contributed by atoms with E-state index in [4.69, 9.17) is 9.72 Å². The van der Waals surface area contributed by atoms with Crippen LogP contribution in [0.15, 0.2) is 116 Å². The molecule has 1 N–H and O–H groups in total. The molecule has 0 saturated carbocycles. The lowest BCUT2D eigenvalue weighted by molar-refractivity contribution is 0.00171. The minimum absolute atomic E-state index is 0.0455. The minimum Gasteiger partial charge on any atom is -0.497 e. The Morgan fingerprint density at radius 3 is 2.11 bits per heavy atom. The Hall–Kier alpha value is -4.31. The first-order chi connectivity index (χ1) is 25.4. The van der Waals surface area contributed by atoms with E-state index in [1.165, 1.54) is 21.7 Å². The smallest absolute Gasteiger partial charge is 0.252 e. The van der Waals surface area contributed by atoms with Gasteiger partial charge in [-0.25, -0.2) is 0 Å². The van der Waals surface area contributed by atoms with Crippen molar-refractivity contribution in [2.45, 2.75) is 77.3 Å². The molecule has 0 radical (unpaired) electrons. The number of fused-ring (bicyclic) bond motifs is 4. The van der Waals surface area contributed by atoms with E-state index < -0.39 is 7.92 Å². The van der Waals surface area contributed by atoms with E-state index in [1.54, 1.807) is 7.11 Å². The number of hydrogen-bond acceptors (Lipinski definition) is 4. The predicted octanol–water partition coefficient (Wildman–Crippen LogP) is 8.96. The Bertz CT molecular complexity index is 2040. The second-order valence-corrected chi connectivity index (χ2v) is 19.1. The summed E-state index contributed by atoms with van der Waals surface area (Å²) < 4.78 is 5.67. The van der Waals surface area contributed by atoms with Gasteiger partial charge in [0.15, 0.2) is 0 Å². The zero-order valence-corrected chi connectivity index (χ0v) is 33.3. The fourth-order valence-corrected chi connectivity index (χ4v) is 10.8. The van der Waals surface area contributed by atoms with Gasteiger partial charge in [0.2, 0.25) is 0 Å². The van der Waals surface area contributed by atoms with Crippen LogP contribution in [-0.2, 0) is 10.8 Å². The highest BCUT2D eigenvalue weighted by Gasteiger charge is 2.43. The molecule has 3 fully saturated rings. The van der Waals surface area contributed by atoms with Gasteiger partial charge in [-0.3, -0.25) is 14.7 Å². The molecule has 0 aliphatic carbocycles. The molecule has 3 unspecified atom stereocenters. The highest BCUT2D eigenvalue weighted by atomic mass is 31.1. The van der Waals surface area contributed by atoms with Crippen LogP contribution in [-0.4, -0.2) is 42.0 Å². The summed E-state index contributed by atoms with van der Waals surface area (Å²) in [6, 6.07) is 34.4. The SMILES string of the molecule is C=CC1CN2CCC1C[C@H]2[C@@H](NC(=O)c1ccccc1P(c1ccc(C(C)(C)C)cc1)c1ccc(C(C)(C)C)cc1)c1ccnc2ccc(OC)cc12. The van der Waals surface area contributed by atoms with Crippen LogP contribution in [0, 0.1) is 11.8 Å². The van der Waals surface area contributed by atoms with Crippen molar-refractivity contribution >= 4 is 40.6 Å². The quantitative estimate of drug-likeness (QED) is 0.122. The van der Waals surface area contributed by atoms with Gasteiger partial charge < -0.3 is 10.1 Å². The zero-order valence-electron chi connectivity index (χ0n) is 32.4. The second kappa shape index (κ2) is 14.8. The van der Waals surface area contributed by atoms with Crippen molar-refractivity contribution in [3.8, 4) is 5.75 Å². The summed E-state index contributed by atoms with van der Waals surface area (Å²) in [5.74, 6) is 1.76. The maximum absolute atomic E-state index is 15.0. The molecule has 53 heavy (non-hydrogen) atoms. The number of piperidine rings is 3. The molecule has 3 saturated heterocycles. The molecule has 5 aromatic rings. The number of rotatable bonds is 9. The van der Waals surface area contributed by atoms with Gasteiger partial charge in [-0.05, 0) is 113 Å². The topological polar surface area (TPSA) is 54.5 Å². The van der Waals surface area contributed by atoms with Gasteiger partial charge in [-0.15, -0.1) is 6.58 Å². The summed E-state index contributed by atoms with van der Waals surface area (Å²) in [4.78, 5) is 22.3. The van der Waals surface area contributed by atoms with Gasteiger partial charge in [-0.1, -0.05) is 114 Å². The molecule has 5 atom stereocenters. The number of hydrogen-bond donors (Lipinski definition) is 1. The summed E-state index contributed by atoms with van der Waals surface area (Å²) in [6.07, 6.45) is 6.17. The van der Waals surface area contributed by atoms with Gasteiger partial charge in [0.05, 0.1) is 18.7 Å². The third kappa shape index (κ3) is 7.57. The molecule has 1 aromatic heterocycles. The van der Waals surface area contributed by atoms with E-state index in [0.29, 0.717) is 11.8 Å². The molecule has 2 bridgehead atoms. The van der Waals surface area contributed by atoms with Crippen LogP contribution in [0.5, 0.6) is 5.75 Å². The number of benzene rings is 4. The van der Waals surface area contributed by atoms with E-state index >= 15 is 4.79 Å². The van der Waals surface area contributed by atoms with Crippen LogP contribution < -0.4 is 26.0 Å². The van der Waals surface area contributed by atoms with Crippen LogP contribution in [0.1, 0.15) is 87.5 Å². The lowest BCUT2D eigenvalue weighted by Crippen LogP contribution is -2.57. The maximum atomic E-state index is 15.0. The van der Waals surface area contributed by atoms with Gasteiger partial charge in [0.25, 0.3) is 5.91 Å². The first-order valence-corrected chi connectivity index (χ1v) is 20.4. The molecule has 4 aromatic carbocycles. The Balaban J connectivity index is 1.33. The van der Waals surface area contributed by atoms with Crippen molar-refractivity contribution in [3.63, 3.8) is 0 Å². The van der Waals surface area contributed by atoms with Gasteiger partial charge >= 0.3 is 0 Å². The number of aromatic nitrogens is 1. The summed E-state index contributed by atoms with van der Waals surface area (Å²) in [5.41, 5.74) is 5.37. The second-order valence-electron chi connectivity index (χ2n) is 16.9. The molecule has 3 aliphatic rings. The molecule has 1 amide bonds. The van der Waals surface area contributed by atoms with Crippen molar-refractivity contribution in [3.05, 3.63) is 138 Å². The summed E-state index contributed by atoms with van der Waals surface area (Å²) >= 11 is 0. The number of nitrogens with zero attached hydrogens (tertiary/aromatic N) is 2. The highest BCUT2D eigenvalue weighted by molar-refractivity contribution is 7.80. The average Bonchev–Trinajstić information content (AvgIpc) is 3.16.